The van der Waals surface area contributed by atoms with Gasteiger partial charge in [-0.3, -0.25) is 4.79 Å². The summed E-state index contributed by atoms with van der Waals surface area (Å²) < 4.78 is 5.60. The summed E-state index contributed by atoms with van der Waals surface area (Å²) in [4.78, 5) is 13.9. The predicted molar refractivity (Wildman–Crippen MR) is 70.4 cm³/mol. The van der Waals surface area contributed by atoms with E-state index in [0.29, 0.717) is 18.8 Å². The van der Waals surface area contributed by atoms with Crippen LogP contribution in [0.25, 0.3) is 0 Å². The zero-order valence-corrected chi connectivity index (χ0v) is 10.7. The van der Waals surface area contributed by atoms with Crippen molar-refractivity contribution in [1.82, 2.24) is 0 Å². The second-order valence-electron chi connectivity index (χ2n) is 4.56. The van der Waals surface area contributed by atoms with E-state index in [4.69, 9.17) is 16.2 Å². The molecule has 0 radical (unpaired) electrons. The molecule has 0 spiro atoms. The average Bonchev–Trinajstić information content (AvgIpc) is 2.39. The van der Waals surface area contributed by atoms with Crippen LogP contribution in [0, 0.1) is 0 Å². The molecule has 5 nitrogen and oxygen atoms in total. The third-order valence-corrected chi connectivity index (χ3v) is 3.19. The molecule has 5 heteroatoms. The summed E-state index contributed by atoms with van der Waals surface area (Å²) in [5.41, 5.74) is 13.0. The molecule has 4 N–H and O–H groups in total. The number of hydrogen-bond acceptors (Lipinski definition) is 4. The molecule has 98 valence electrons. The molecule has 2 atom stereocenters. The van der Waals surface area contributed by atoms with Crippen LogP contribution in [-0.2, 0) is 11.3 Å². The maximum absolute atomic E-state index is 12.2. The van der Waals surface area contributed by atoms with Gasteiger partial charge in [-0.15, -0.1) is 0 Å². The Bertz CT molecular complexity index is 462. The number of benzene rings is 1. The lowest BCUT2D eigenvalue weighted by Crippen LogP contribution is -2.51. The second-order valence-corrected chi connectivity index (χ2v) is 4.56. The number of nitrogens with two attached hydrogens (primary N) is 2. The van der Waals surface area contributed by atoms with E-state index < -0.39 is 6.10 Å². The maximum atomic E-state index is 12.2. The highest BCUT2D eigenvalue weighted by atomic mass is 16.5. The van der Waals surface area contributed by atoms with Crippen molar-refractivity contribution in [2.24, 2.45) is 11.5 Å². The molecule has 18 heavy (non-hydrogen) atoms. The molecule has 0 saturated heterocycles. The van der Waals surface area contributed by atoms with Crippen molar-refractivity contribution in [3.63, 3.8) is 0 Å². The number of hydrogen-bond donors (Lipinski definition) is 2. The van der Waals surface area contributed by atoms with Crippen molar-refractivity contribution < 1.29 is 9.53 Å². The quantitative estimate of drug-likeness (QED) is 0.822. The van der Waals surface area contributed by atoms with E-state index >= 15 is 0 Å². The zero-order chi connectivity index (χ0) is 13.3. The first-order valence-corrected chi connectivity index (χ1v) is 6.11. The van der Waals surface area contributed by atoms with Crippen molar-refractivity contribution in [3.8, 4) is 5.75 Å². The Morgan fingerprint density at radius 3 is 2.78 bits per heavy atom. The molecule has 2 unspecified atom stereocenters. The largest absolute Gasteiger partial charge is 0.479 e. The fourth-order valence-electron chi connectivity index (χ4n) is 2.09. The van der Waals surface area contributed by atoms with Gasteiger partial charge in [0.25, 0.3) is 5.91 Å². The molecule has 1 aromatic rings. The molecule has 0 fully saturated rings. The lowest BCUT2D eigenvalue weighted by molar-refractivity contribution is -0.126. The van der Waals surface area contributed by atoms with E-state index in [1.807, 2.05) is 25.1 Å². The van der Waals surface area contributed by atoms with Gasteiger partial charge in [0.2, 0.25) is 0 Å². The maximum Gasteiger partial charge on any atom is 0.268 e. The van der Waals surface area contributed by atoms with Gasteiger partial charge in [-0.25, -0.2) is 0 Å². The van der Waals surface area contributed by atoms with Gasteiger partial charge in [0, 0.05) is 19.1 Å². The molecule has 1 heterocycles. The van der Waals surface area contributed by atoms with Gasteiger partial charge in [0.05, 0.1) is 5.69 Å². The third-order valence-electron chi connectivity index (χ3n) is 3.19. The number of carbonyl (C=O) groups excluding carboxylic acids is 1. The summed E-state index contributed by atoms with van der Waals surface area (Å²) >= 11 is 0. The molecule has 1 aromatic carbocycles. The SMILES string of the molecule is CC1Oc2ccc(CN)cc2N(C(C)CN)C1=O. The van der Waals surface area contributed by atoms with Crippen molar-refractivity contribution in [2.45, 2.75) is 32.5 Å². The summed E-state index contributed by atoms with van der Waals surface area (Å²) in [7, 11) is 0. The molecule has 2 rings (SSSR count). The Kier molecular flexibility index (Phi) is 3.54. The molecule has 0 aromatic heterocycles. The van der Waals surface area contributed by atoms with Crippen molar-refractivity contribution in [3.05, 3.63) is 23.8 Å². The van der Waals surface area contributed by atoms with Crippen molar-refractivity contribution in [2.75, 3.05) is 11.4 Å². The van der Waals surface area contributed by atoms with Crippen molar-refractivity contribution in [1.29, 1.82) is 0 Å². The Labute approximate surface area is 107 Å². The van der Waals surface area contributed by atoms with E-state index in [-0.39, 0.29) is 11.9 Å². The number of carbonyl (C=O) groups is 1. The number of ether oxygens (including phenoxy) is 1. The minimum Gasteiger partial charge on any atom is -0.479 e. The highest BCUT2D eigenvalue weighted by Gasteiger charge is 2.34. The smallest absolute Gasteiger partial charge is 0.268 e. The van der Waals surface area contributed by atoms with Crippen LogP contribution >= 0.6 is 0 Å². The predicted octanol–water partition coefficient (Wildman–Crippen LogP) is 0.606. The molecular weight excluding hydrogens is 230 g/mol. The lowest BCUT2D eigenvalue weighted by atomic mass is 10.1. The first-order chi connectivity index (χ1) is 8.58. The molecule has 1 amide bonds. The monoisotopic (exact) mass is 249 g/mol. The summed E-state index contributed by atoms with van der Waals surface area (Å²) in [6.07, 6.45) is -0.477. The van der Waals surface area contributed by atoms with E-state index in [0.717, 1.165) is 11.3 Å². The van der Waals surface area contributed by atoms with Gasteiger partial charge >= 0.3 is 0 Å². The summed E-state index contributed by atoms with van der Waals surface area (Å²) in [5.74, 6) is 0.647. The van der Waals surface area contributed by atoms with Crippen LogP contribution in [0.1, 0.15) is 19.4 Å². The van der Waals surface area contributed by atoms with Crippen LogP contribution in [0.3, 0.4) is 0 Å². The molecule has 0 saturated carbocycles. The van der Waals surface area contributed by atoms with Crippen LogP contribution in [0.15, 0.2) is 18.2 Å². The molecule has 0 aliphatic carbocycles. The molecule has 1 aliphatic rings. The van der Waals surface area contributed by atoms with Crippen LogP contribution in [-0.4, -0.2) is 24.6 Å². The van der Waals surface area contributed by atoms with E-state index in [9.17, 15) is 4.79 Å². The minimum absolute atomic E-state index is 0.0596. The highest BCUT2D eigenvalue weighted by molar-refractivity contribution is 6.00. The number of anilines is 1. The van der Waals surface area contributed by atoms with E-state index in [2.05, 4.69) is 0 Å². The Morgan fingerprint density at radius 1 is 1.44 bits per heavy atom. The third kappa shape index (κ3) is 2.07. The molecular formula is C13H19N3O2. The first-order valence-electron chi connectivity index (χ1n) is 6.11. The van der Waals surface area contributed by atoms with Gasteiger partial charge in [-0.2, -0.15) is 0 Å². The summed E-state index contributed by atoms with van der Waals surface area (Å²) in [5, 5.41) is 0. The van der Waals surface area contributed by atoms with E-state index in [1.54, 1.807) is 11.8 Å². The van der Waals surface area contributed by atoms with Gasteiger partial charge in [-0.05, 0) is 31.5 Å². The number of rotatable bonds is 3. The van der Waals surface area contributed by atoms with Crippen LogP contribution < -0.4 is 21.1 Å². The number of fused-ring (bicyclic) bond motifs is 1. The van der Waals surface area contributed by atoms with Gasteiger partial charge in [-0.1, -0.05) is 6.07 Å². The highest BCUT2D eigenvalue weighted by Crippen LogP contribution is 2.35. The average molecular weight is 249 g/mol. The minimum atomic E-state index is -0.477. The fourth-order valence-corrected chi connectivity index (χ4v) is 2.09. The van der Waals surface area contributed by atoms with E-state index in [1.165, 1.54) is 0 Å². The van der Waals surface area contributed by atoms with Crippen LogP contribution in [0.2, 0.25) is 0 Å². The van der Waals surface area contributed by atoms with Crippen LogP contribution in [0.5, 0.6) is 5.75 Å². The van der Waals surface area contributed by atoms with Gasteiger partial charge in [0.15, 0.2) is 6.10 Å². The summed E-state index contributed by atoms with van der Waals surface area (Å²) in [6, 6.07) is 5.60. The Morgan fingerprint density at radius 2 is 2.17 bits per heavy atom. The second kappa shape index (κ2) is 4.96. The fraction of sp³-hybridized carbons (Fsp3) is 0.462. The number of amides is 1. The molecule has 1 aliphatic heterocycles. The van der Waals surface area contributed by atoms with Crippen LogP contribution in [0.4, 0.5) is 5.69 Å². The Balaban J connectivity index is 2.49. The van der Waals surface area contributed by atoms with Crippen molar-refractivity contribution >= 4 is 11.6 Å². The van der Waals surface area contributed by atoms with Gasteiger partial charge < -0.3 is 21.1 Å². The standard InChI is InChI=1S/C13H19N3O2/c1-8(6-14)16-11-5-10(7-15)3-4-12(11)18-9(2)13(16)17/h3-5,8-9H,6-7,14-15H2,1-2H3. The number of nitrogens with zero attached hydrogens (tertiary/aromatic N) is 1. The van der Waals surface area contributed by atoms with Gasteiger partial charge in [0.1, 0.15) is 5.75 Å². The normalized spacial score (nSPS) is 20.3. The lowest BCUT2D eigenvalue weighted by Gasteiger charge is -2.36. The zero-order valence-electron chi connectivity index (χ0n) is 10.7. The molecule has 0 bridgehead atoms. The first kappa shape index (κ1) is 12.9. The summed E-state index contributed by atoms with van der Waals surface area (Å²) in [6.45, 7) is 4.51. The Hall–Kier alpha value is -1.59. The topological polar surface area (TPSA) is 81.6 Å².